The molecule has 1 unspecified atom stereocenters. The predicted molar refractivity (Wildman–Crippen MR) is 96.2 cm³/mol. The number of aryl methyl sites for hydroxylation is 1. The molecule has 26 heavy (non-hydrogen) atoms. The largest absolute Gasteiger partial charge is 0.481 e. The molecule has 1 aliphatic carbocycles. The zero-order chi connectivity index (χ0) is 18.7. The van der Waals surface area contributed by atoms with E-state index in [4.69, 9.17) is 5.11 Å². The molecule has 1 aliphatic heterocycles. The minimum atomic E-state index is -0.747. The lowest BCUT2D eigenvalue weighted by atomic mass is 9.86. The molecule has 2 amide bonds. The molecule has 0 spiro atoms. The van der Waals surface area contributed by atoms with E-state index in [1.165, 1.54) is 5.56 Å². The molecule has 0 aromatic heterocycles. The van der Waals surface area contributed by atoms with E-state index in [1.807, 2.05) is 31.2 Å². The summed E-state index contributed by atoms with van der Waals surface area (Å²) in [5.41, 5.74) is 2.24. The summed E-state index contributed by atoms with van der Waals surface area (Å²) in [6.45, 7) is 3.00. The number of carboxylic acids is 1. The van der Waals surface area contributed by atoms with Gasteiger partial charge >= 0.3 is 5.97 Å². The van der Waals surface area contributed by atoms with E-state index in [1.54, 1.807) is 4.90 Å². The molecule has 1 atom stereocenters. The van der Waals surface area contributed by atoms with Gasteiger partial charge in [0.25, 0.3) is 0 Å². The fourth-order valence-corrected chi connectivity index (χ4v) is 3.82. The molecule has 2 fully saturated rings. The third-order valence-corrected chi connectivity index (χ3v) is 5.50. The van der Waals surface area contributed by atoms with Crippen LogP contribution in [0.3, 0.4) is 0 Å². The van der Waals surface area contributed by atoms with Crippen molar-refractivity contribution >= 4 is 17.8 Å². The summed E-state index contributed by atoms with van der Waals surface area (Å²) in [5, 5.41) is 12.1. The van der Waals surface area contributed by atoms with Gasteiger partial charge < -0.3 is 15.3 Å². The third kappa shape index (κ3) is 4.42. The van der Waals surface area contributed by atoms with Crippen LogP contribution in [0.5, 0.6) is 0 Å². The number of carbonyl (C=O) groups excluding carboxylic acids is 2. The number of carbonyl (C=O) groups is 3. The zero-order valence-corrected chi connectivity index (χ0v) is 15.1. The Hall–Kier alpha value is -2.37. The molecule has 2 aliphatic rings. The molecule has 6 nitrogen and oxygen atoms in total. The average Bonchev–Trinajstić information content (AvgIpc) is 2.98. The molecular weight excluding hydrogens is 332 g/mol. The van der Waals surface area contributed by atoms with Gasteiger partial charge in [0, 0.05) is 25.6 Å². The minimum Gasteiger partial charge on any atom is -0.481 e. The van der Waals surface area contributed by atoms with Crippen LogP contribution in [0.4, 0.5) is 0 Å². The summed E-state index contributed by atoms with van der Waals surface area (Å²) in [5.74, 6) is -1.42. The Bertz CT molecular complexity index is 678. The number of carboxylic acid groups (broad SMARTS) is 1. The number of nitrogens with one attached hydrogen (secondary N) is 1. The topological polar surface area (TPSA) is 86.7 Å². The molecule has 140 valence electrons. The molecule has 0 radical (unpaired) electrons. The molecule has 1 saturated heterocycles. The lowest BCUT2D eigenvalue weighted by molar-refractivity contribution is -0.143. The maximum Gasteiger partial charge on any atom is 0.306 e. The van der Waals surface area contributed by atoms with Crippen molar-refractivity contribution in [2.45, 2.75) is 51.6 Å². The monoisotopic (exact) mass is 358 g/mol. The maximum absolute atomic E-state index is 12.5. The summed E-state index contributed by atoms with van der Waals surface area (Å²) in [6, 6.07) is 8.09. The van der Waals surface area contributed by atoms with E-state index in [0.717, 1.165) is 5.56 Å². The quantitative estimate of drug-likeness (QED) is 0.844. The lowest BCUT2D eigenvalue weighted by Crippen LogP contribution is -2.42. The Morgan fingerprint density at radius 3 is 2.38 bits per heavy atom. The molecule has 1 aromatic carbocycles. The van der Waals surface area contributed by atoms with E-state index in [-0.39, 0.29) is 36.1 Å². The second-order valence-corrected chi connectivity index (χ2v) is 7.56. The van der Waals surface area contributed by atoms with Crippen molar-refractivity contribution in [2.24, 2.45) is 11.8 Å². The number of amides is 2. The molecular formula is C20H26N2O4. The first-order chi connectivity index (χ1) is 12.4. The number of aliphatic carboxylic acids is 1. The Balaban J connectivity index is 1.49. The maximum atomic E-state index is 12.5. The standard InChI is InChI=1S/C20H26N2O4/c1-13-2-4-14(5-3-13)11-22-12-16(10-18(22)23)19(24)21-17-8-6-15(7-9-17)20(25)26/h2-5,15-17H,6-12H2,1H3,(H,21,24)(H,25,26). The van der Waals surface area contributed by atoms with Gasteiger partial charge in [-0.15, -0.1) is 0 Å². The van der Waals surface area contributed by atoms with Crippen LogP contribution in [0, 0.1) is 18.8 Å². The highest BCUT2D eigenvalue weighted by Gasteiger charge is 2.35. The number of likely N-dealkylation sites (tertiary alicyclic amines) is 1. The Kier molecular flexibility index (Phi) is 5.59. The first-order valence-corrected chi connectivity index (χ1v) is 9.29. The fourth-order valence-electron chi connectivity index (χ4n) is 3.82. The van der Waals surface area contributed by atoms with Gasteiger partial charge in [-0.25, -0.2) is 0 Å². The lowest BCUT2D eigenvalue weighted by Gasteiger charge is -2.27. The number of rotatable bonds is 5. The van der Waals surface area contributed by atoms with Crippen LogP contribution in [-0.2, 0) is 20.9 Å². The first-order valence-electron chi connectivity index (χ1n) is 9.29. The number of benzene rings is 1. The van der Waals surface area contributed by atoms with E-state index < -0.39 is 5.97 Å². The summed E-state index contributed by atoms with van der Waals surface area (Å²) < 4.78 is 0. The molecule has 1 heterocycles. The highest BCUT2D eigenvalue weighted by atomic mass is 16.4. The summed E-state index contributed by atoms with van der Waals surface area (Å²) in [4.78, 5) is 37.5. The van der Waals surface area contributed by atoms with Crippen LogP contribution < -0.4 is 5.32 Å². The van der Waals surface area contributed by atoms with Gasteiger partial charge in [0.1, 0.15) is 0 Å². The van der Waals surface area contributed by atoms with Crippen molar-refractivity contribution in [1.29, 1.82) is 0 Å². The molecule has 0 bridgehead atoms. The van der Waals surface area contributed by atoms with Crippen LogP contribution >= 0.6 is 0 Å². The smallest absolute Gasteiger partial charge is 0.306 e. The van der Waals surface area contributed by atoms with Crippen molar-refractivity contribution in [1.82, 2.24) is 10.2 Å². The third-order valence-electron chi connectivity index (χ3n) is 5.50. The van der Waals surface area contributed by atoms with Crippen molar-refractivity contribution in [3.05, 3.63) is 35.4 Å². The second kappa shape index (κ2) is 7.89. The molecule has 2 N–H and O–H groups in total. The van der Waals surface area contributed by atoms with Crippen LogP contribution in [-0.4, -0.2) is 40.4 Å². The number of hydrogen-bond acceptors (Lipinski definition) is 3. The van der Waals surface area contributed by atoms with Gasteiger partial charge in [0.15, 0.2) is 0 Å². The Labute approximate surface area is 153 Å². The van der Waals surface area contributed by atoms with E-state index >= 15 is 0 Å². The summed E-state index contributed by atoms with van der Waals surface area (Å²) in [6.07, 6.45) is 2.84. The average molecular weight is 358 g/mol. The van der Waals surface area contributed by atoms with E-state index in [2.05, 4.69) is 5.32 Å². The first kappa shape index (κ1) is 18.4. The van der Waals surface area contributed by atoms with Crippen molar-refractivity contribution < 1.29 is 19.5 Å². The normalized spacial score (nSPS) is 26.0. The van der Waals surface area contributed by atoms with Gasteiger partial charge in [-0.05, 0) is 38.2 Å². The molecule has 3 rings (SSSR count). The van der Waals surface area contributed by atoms with Crippen molar-refractivity contribution in [2.75, 3.05) is 6.54 Å². The van der Waals surface area contributed by atoms with Crippen LogP contribution in [0.1, 0.15) is 43.2 Å². The SMILES string of the molecule is Cc1ccc(CN2CC(C(=O)NC3CCC(C(=O)O)CC3)CC2=O)cc1. The summed E-state index contributed by atoms with van der Waals surface area (Å²) >= 11 is 0. The minimum absolute atomic E-state index is 0.0142. The molecule has 6 heteroatoms. The van der Waals surface area contributed by atoms with E-state index in [0.29, 0.717) is 38.8 Å². The fraction of sp³-hybridized carbons (Fsp3) is 0.550. The Morgan fingerprint density at radius 1 is 1.12 bits per heavy atom. The van der Waals surface area contributed by atoms with Gasteiger partial charge in [0.2, 0.25) is 11.8 Å². The van der Waals surface area contributed by atoms with Gasteiger partial charge in [-0.2, -0.15) is 0 Å². The van der Waals surface area contributed by atoms with Crippen LogP contribution in [0.2, 0.25) is 0 Å². The molecule has 1 saturated carbocycles. The highest BCUT2D eigenvalue weighted by Crippen LogP contribution is 2.26. The number of nitrogens with zero attached hydrogens (tertiary/aromatic N) is 1. The summed E-state index contributed by atoms with van der Waals surface area (Å²) in [7, 11) is 0. The molecule has 1 aromatic rings. The number of hydrogen-bond donors (Lipinski definition) is 2. The van der Waals surface area contributed by atoms with Gasteiger partial charge in [-0.1, -0.05) is 29.8 Å². The van der Waals surface area contributed by atoms with Crippen molar-refractivity contribution in [3.63, 3.8) is 0 Å². The van der Waals surface area contributed by atoms with Gasteiger partial charge in [-0.3, -0.25) is 14.4 Å². The Morgan fingerprint density at radius 2 is 1.77 bits per heavy atom. The zero-order valence-electron chi connectivity index (χ0n) is 15.1. The van der Waals surface area contributed by atoms with Crippen LogP contribution in [0.25, 0.3) is 0 Å². The van der Waals surface area contributed by atoms with Gasteiger partial charge in [0.05, 0.1) is 11.8 Å². The van der Waals surface area contributed by atoms with E-state index in [9.17, 15) is 14.4 Å². The highest BCUT2D eigenvalue weighted by molar-refractivity contribution is 5.89. The van der Waals surface area contributed by atoms with Crippen molar-refractivity contribution in [3.8, 4) is 0 Å². The van der Waals surface area contributed by atoms with Crippen LogP contribution in [0.15, 0.2) is 24.3 Å². The predicted octanol–water partition coefficient (Wildman–Crippen LogP) is 2.10. The second-order valence-electron chi connectivity index (χ2n) is 7.56.